The fourth-order valence-electron chi connectivity index (χ4n) is 4.23. The number of esters is 2. The number of aliphatic hydroxyl groups is 1. The molecular formula is C29H47N5O12Si. The molecule has 3 heterocycles. The number of aromatic nitrogens is 4. The monoisotopic (exact) mass is 685 g/mol. The van der Waals surface area contributed by atoms with Crippen molar-refractivity contribution < 1.29 is 52.3 Å². The van der Waals surface area contributed by atoms with Crippen LogP contribution in [0.5, 0.6) is 0 Å². The standard InChI is InChI=1S/C29H47N5O12Si/c1-16(2)24(38)32-27-31-23-20(25(39)33-27)30-15-34(23)26-22(21(19(14-35)44-26)46-47(8,9)29(5,6)7)45-28(42-12-10-40-17(3)36)43-13-11-41-18(4)37/h15-16,19,21-22,26,28,35H,10-14H2,1-9H3,(H2,31,32,33,38,39)/t19-,21?,22+,26-/m1/s1. The van der Waals surface area contributed by atoms with Gasteiger partial charge >= 0.3 is 11.9 Å². The molecule has 0 saturated carbocycles. The number of nitrogens with zero attached hydrogens (tertiary/aromatic N) is 3. The number of fused-ring (bicyclic) bond motifs is 1. The van der Waals surface area contributed by atoms with Crippen LogP contribution in [0.4, 0.5) is 5.95 Å². The summed E-state index contributed by atoms with van der Waals surface area (Å²) >= 11 is 0. The third-order valence-corrected chi connectivity index (χ3v) is 12.2. The quantitative estimate of drug-likeness (QED) is 0.0996. The molecule has 1 unspecified atom stereocenters. The predicted molar refractivity (Wildman–Crippen MR) is 169 cm³/mol. The van der Waals surface area contributed by atoms with Gasteiger partial charge in [-0.3, -0.25) is 34.0 Å². The molecule has 0 aliphatic carbocycles. The van der Waals surface area contributed by atoms with Crippen LogP contribution in [0.25, 0.3) is 11.2 Å². The third-order valence-electron chi connectivity index (χ3n) is 7.73. The maximum Gasteiger partial charge on any atom is 0.302 e. The van der Waals surface area contributed by atoms with E-state index in [1.54, 1.807) is 13.8 Å². The van der Waals surface area contributed by atoms with Crippen LogP contribution < -0.4 is 10.9 Å². The lowest BCUT2D eigenvalue weighted by Gasteiger charge is -2.40. The van der Waals surface area contributed by atoms with Crippen LogP contribution in [0.1, 0.15) is 54.7 Å². The zero-order valence-corrected chi connectivity index (χ0v) is 29.4. The fraction of sp³-hybridized carbons (Fsp3) is 0.724. The van der Waals surface area contributed by atoms with Crippen molar-refractivity contribution >= 4 is 43.3 Å². The Morgan fingerprint density at radius 2 is 1.66 bits per heavy atom. The van der Waals surface area contributed by atoms with E-state index in [1.807, 2.05) is 13.1 Å². The molecule has 0 bridgehead atoms. The third kappa shape index (κ3) is 10.1. The number of anilines is 1. The van der Waals surface area contributed by atoms with Gasteiger partial charge in [0.25, 0.3) is 12.0 Å². The maximum absolute atomic E-state index is 12.9. The second kappa shape index (κ2) is 16.2. The number of aliphatic hydroxyl groups excluding tert-OH is 1. The molecule has 1 aliphatic heterocycles. The van der Waals surface area contributed by atoms with Crippen molar-refractivity contribution in [2.24, 2.45) is 5.92 Å². The lowest BCUT2D eigenvalue weighted by atomic mass is 10.1. The number of hydrogen-bond donors (Lipinski definition) is 3. The van der Waals surface area contributed by atoms with Gasteiger partial charge in [-0.05, 0) is 18.1 Å². The highest BCUT2D eigenvalue weighted by atomic mass is 28.4. The highest BCUT2D eigenvalue weighted by Crippen LogP contribution is 2.43. The van der Waals surface area contributed by atoms with Crippen LogP contribution in [-0.4, -0.2) is 109 Å². The molecule has 17 nitrogen and oxygen atoms in total. The summed E-state index contributed by atoms with van der Waals surface area (Å²) in [6, 6.07) is 0. The normalized spacial score (nSPS) is 20.3. The smallest absolute Gasteiger partial charge is 0.302 e. The number of rotatable bonds is 16. The summed E-state index contributed by atoms with van der Waals surface area (Å²) in [7, 11) is -2.53. The molecule has 1 fully saturated rings. The Labute approximate surface area is 273 Å². The van der Waals surface area contributed by atoms with Gasteiger partial charge in [-0.15, -0.1) is 0 Å². The number of hydrogen-bond acceptors (Lipinski definition) is 14. The van der Waals surface area contributed by atoms with E-state index >= 15 is 0 Å². The average Bonchev–Trinajstić information content (AvgIpc) is 3.53. The van der Waals surface area contributed by atoms with Crippen molar-refractivity contribution in [1.82, 2.24) is 19.5 Å². The molecule has 2 aromatic rings. The molecule has 3 rings (SSSR count). The lowest BCUT2D eigenvalue weighted by molar-refractivity contribution is -0.320. The minimum Gasteiger partial charge on any atom is -0.463 e. The Morgan fingerprint density at radius 1 is 1.06 bits per heavy atom. The first kappa shape index (κ1) is 38.2. The summed E-state index contributed by atoms with van der Waals surface area (Å²) in [5.74, 6) is -1.84. The van der Waals surface area contributed by atoms with Gasteiger partial charge in [0.05, 0.1) is 26.1 Å². The summed E-state index contributed by atoms with van der Waals surface area (Å²) in [4.78, 5) is 59.1. The zero-order valence-electron chi connectivity index (χ0n) is 28.4. The number of amides is 1. The van der Waals surface area contributed by atoms with E-state index in [0.717, 1.165) is 0 Å². The molecule has 264 valence electrons. The first-order valence-electron chi connectivity index (χ1n) is 15.3. The summed E-state index contributed by atoms with van der Waals surface area (Å²) in [5.41, 5.74) is -0.563. The van der Waals surface area contributed by atoms with Crippen LogP contribution in [0.2, 0.25) is 18.1 Å². The zero-order chi connectivity index (χ0) is 35.1. The Kier molecular flexibility index (Phi) is 13.2. The molecule has 2 aromatic heterocycles. The van der Waals surface area contributed by atoms with Crippen LogP contribution >= 0.6 is 0 Å². The fourth-order valence-corrected chi connectivity index (χ4v) is 5.55. The number of aromatic amines is 1. The van der Waals surface area contributed by atoms with E-state index in [9.17, 15) is 24.3 Å². The number of H-pyrrole nitrogens is 1. The van der Waals surface area contributed by atoms with Crippen LogP contribution in [0, 0.1) is 5.92 Å². The summed E-state index contributed by atoms with van der Waals surface area (Å²) in [6.07, 6.45) is -2.58. The Morgan fingerprint density at radius 3 is 2.17 bits per heavy atom. The minimum atomic E-state index is -2.53. The second-order valence-corrected chi connectivity index (χ2v) is 17.5. The van der Waals surface area contributed by atoms with Crippen LogP contribution in [-0.2, 0) is 47.2 Å². The second-order valence-electron chi connectivity index (χ2n) is 12.8. The van der Waals surface area contributed by atoms with E-state index in [0.29, 0.717) is 0 Å². The van der Waals surface area contributed by atoms with Gasteiger partial charge in [-0.1, -0.05) is 34.6 Å². The molecule has 18 heteroatoms. The predicted octanol–water partition coefficient (Wildman–Crippen LogP) is 1.82. The maximum atomic E-state index is 12.9. The number of carbonyl (C=O) groups excluding carboxylic acids is 3. The first-order chi connectivity index (χ1) is 21.9. The van der Waals surface area contributed by atoms with Gasteiger partial charge in [-0.2, -0.15) is 4.98 Å². The highest BCUT2D eigenvalue weighted by molar-refractivity contribution is 6.74. The van der Waals surface area contributed by atoms with Crippen molar-refractivity contribution in [3.8, 4) is 0 Å². The number of nitrogens with one attached hydrogen (secondary N) is 2. The molecule has 0 radical (unpaired) electrons. The molecule has 4 atom stereocenters. The van der Waals surface area contributed by atoms with Crippen LogP contribution in [0.3, 0.4) is 0 Å². The van der Waals surface area contributed by atoms with Crippen molar-refractivity contribution in [2.45, 2.75) is 97.6 Å². The van der Waals surface area contributed by atoms with E-state index in [-0.39, 0.29) is 60.4 Å². The van der Waals surface area contributed by atoms with Gasteiger partial charge in [0.2, 0.25) is 11.9 Å². The van der Waals surface area contributed by atoms with Gasteiger partial charge < -0.3 is 38.0 Å². The van der Waals surface area contributed by atoms with E-state index < -0.39 is 63.4 Å². The van der Waals surface area contributed by atoms with Crippen molar-refractivity contribution in [3.63, 3.8) is 0 Å². The van der Waals surface area contributed by atoms with Crippen molar-refractivity contribution in [1.29, 1.82) is 0 Å². The number of carbonyl (C=O) groups is 3. The molecular weight excluding hydrogens is 638 g/mol. The summed E-state index contributed by atoms with van der Waals surface area (Å²) in [6.45, 7) is 13.9. The van der Waals surface area contributed by atoms with Crippen molar-refractivity contribution in [3.05, 3.63) is 16.7 Å². The van der Waals surface area contributed by atoms with Gasteiger partial charge in [0.15, 0.2) is 25.7 Å². The molecule has 1 saturated heterocycles. The van der Waals surface area contributed by atoms with Gasteiger partial charge in [0, 0.05) is 19.8 Å². The molecule has 47 heavy (non-hydrogen) atoms. The first-order valence-corrected chi connectivity index (χ1v) is 18.2. The molecule has 3 N–H and O–H groups in total. The minimum absolute atomic E-state index is 0.0315. The Hall–Kier alpha value is -3.26. The van der Waals surface area contributed by atoms with Crippen molar-refractivity contribution in [2.75, 3.05) is 38.4 Å². The molecule has 1 amide bonds. The van der Waals surface area contributed by atoms with E-state index in [4.69, 9.17) is 32.8 Å². The van der Waals surface area contributed by atoms with Gasteiger partial charge in [0.1, 0.15) is 31.5 Å². The Balaban J connectivity index is 2.06. The average molecular weight is 686 g/mol. The largest absolute Gasteiger partial charge is 0.463 e. The van der Waals surface area contributed by atoms with E-state index in [2.05, 4.69) is 41.0 Å². The topological polar surface area (TPSA) is 212 Å². The summed E-state index contributed by atoms with van der Waals surface area (Å²) < 4.78 is 42.4. The SMILES string of the molecule is CC(=O)OCCOC(OCCOC(C)=O)O[C@H]1C(O[Si](C)(C)C(C)(C)C)[C@@H](CO)O[C@H]1n1cnc2c(=O)[nH]c(NC(=O)C(C)C)nc21. The number of ether oxygens (including phenoxy) is 6. The molecule has 0 aromatic carbocycles. The summed E-state index contributed by atoms with van der Waals surface area (Å²) in [5, 5.41) is 12.8. The molecule has 1 aliphatic rings. The molecule has 0 spiro atoms. The highest BCUT2D eigenvalue weighted by Gasteiger charge is 2.52. The van der Waals surface area contributed by atoms with Gasteiger partial charge in [-0.25, -0.2) is 4.98 Å². The Bertz CT molecular complexity index is 1420. The van der Waals surface area contributed by atoms with E-state index in [1.165, 1.54) is 24.7 Å². The lowest BCUT2D eigenvalue weighted by Crippen LogP contribution is -2.51. The number of imidazole rings is 1. The van der Waals surface area contributed by atoms with Crippen LogP contribution in [0.15, 0.2) is 11.1 Å².